The maximum Gasteiger partial charge on any atom is 0.246 e. The molecular formula is C20H25N3O3S2. The summed E-state index contributed by atoms with van der Waals surface area (Å²) in [6.45, 7) is 4.04. The van der Waals surface area contributed by atoms with E-state index < -0.39 is 10.0 Å². The maximum atomic E-state index is 13.1. The minimum Gasteiger partial charge on any atom is -0.284 e. The van der Waals surface area contributed by atoms with Crippen molar-refractivity contribution < 1.29 is 13.2 Å². The van der Waals surface area contributed by atoms with Gasteiger partial charge in [0.2, 0.25) is 15.9 Å². The third-order valence-electron chi connectivity index (χ3n) is 4.84. The average Bonchev–Trinajstić information content (AvgIpc) is 3.31. The number of hydrazone groups is 1. The van der Waals surface area contributed by atoms with Crippen molar-refractivity contribution in [3.05, 3.63) is 52.2 Å². The first-order chi connectivity index (χ1) is 13.3. The minimum atomic E-state index is -3.36. The summed E-state index contributed by atoms with van der Waals surface area (Å²) >= 11 is 1.62. The number of amides is 1. The number of hydrogen-bond donors (Lipinski definition) is 1. The second kappa shape index (κ2) is 8.45. The fourth-order valence-electron chi connectivity index (χ4n) is 3.39. The molecular weight excluding hydrogens is 394 g/mol. The van der Waals surface area contributed by atoms with Crippen molar-refractivity contribution in [3.63, 3.8) is 0 Å². The molecule has 1 amide bonds. The fourth-order valence-corrected chi connectivity index (χ4v) is 4.76. The average molecular weight is 420 g/mol. The van der Waals surface area contributed by atoms with Crippen molar-refractivity contribution in [2.75, 3.05) is 11.0 Å². The van der Waals surface area contributed by atoms with E-state index in [2.05, 4.69) is 9.82 Å². The molecule has 1 aliphatic heterocycles. The molecule has 8 heteroatoms. The summed E-state index contributed by atoms with van der Waals surface area (Å²) in [5.74, 6) is -0.00684. The largest absolute Gasteiger partial charge is 0.284 e. The van der Waals surface area contributed by atoms with E-state index in [9.17, 15) is 13.2 Å². The van der Waals surface area contributed by atoms with Gasteiger partial charge in [0, 0.05) is 22.9 Å². The number of carbonyl (C=O) groups excluding carboxylic acids is 1. The quantitative estimate of drug-likeness (QED) is 0.729. The third-order valence-corrected chi connectivity index (χ3v) is 6.42. The molecule has 0 aliphatic carbocycles. The van der Waals surface area contributed by atoms with Crippen molar-refractivity contribution in [3.8, 4) is 0 Å². The van der Waals surface area contributed by atoms with E-state index in [0.29, 0.717) is 12.1 Å². The van der Waals surface area contributed by atoms with E-state index in [0.717, 1.165) is 35.2 Å². The number of rotatable bonds is 7. The molecule has 1 unspecified atom stereocenters. The van der Waals surface area contributed by atoms with Crippen LogP contribution in [0.2, 0.25) is 0 Å². The van der Waals surface area contributed by atoms with Gasteiger partial charge in [-0.2, -0.15) is 5.10 Å². The SMILES string of the molecule is CCC(CC)C(=O)N1N=C(c2cccc(NS(C)(=O)=O)c2)CC1c1cccs1. The van der Waals surface area contributed by atoms with Gasteiger partial charge in [-0.25, -0.2) is 13.4 Å². The van der Waals surface area contributed by atoms with Gasteiger partial charge in [0.15, 0.2) is 0 Å². The Balaban J connectivity index is 1.94. The third kappa shape index (κ3) is 4.62. The molecule has 1 aliphatic rings. The first-order valence-corrected chi connectivity index (χ1v) is 12.1. The van der Waals surface area contributed by atoms with Gasteiger partial charge < -0.3 is 0 Å². The summed E-state index contributed by atoms with van der Waals surface area (Å²) < 4.78 is 25.6. The lowest BCUT2D eigenvalue weighted by Crippen LogP contribution is -2.32. The molecule has 6 nitrogen and oxygen atoms in total. The Morgan fingerprint density at radius 2 is 2.04 bits per heavy atom. The Morgan fingerprint density at radius 1 is 1.29 bits per heavy atom. The van der Waals surface area contributed by atoms with Crippen molar-refractivity contribution in [2.45, 2.75) is 39.2 Å². The van der Waals surface area contributed by atoms with Crippen molar-refractivity contribution in [1.82, 2.24) is 5.01 Å². The molecule has 28 heavy (non-hydrogen) atoms. The summed E-state index contributed by atoms with van der Waals surface area (Å²) in [5, 5.41) is 8.32. The summed E-state index contributed by atoms with van der Waals surface area (Å²) in [5.41, 5.74) is 2.09. The van der Waals surface area contributed by atoms with Gasteiger partial charge in [0.05, 0.1) is 18.0 Å². The van der Waals surface area contributed by atoms with Gasteiger partial charge >= 0.3 is 0 Å². The van der Waals surface area contributed by atoms with E-state index in [4.69, 9.17) is 0 Å². The van der Waals surface area contributed by atoms with Gasteiger partial charge in [-0.1, -0.05) is 32.0 Å². The topological polar surface area (TPSA) is 78.8 Å². The van der Waals surface area contributed by atoms with Crippen LogP contribution in [0, 0.1) is 5.92 Å². The van der Waals surface area contributed by atoms with Crippen molar-refractivity contribution in [2.24, 2.45) is 11.0 Å². The van der Waals surface area contributed by atoms with Crippen LogP contribution in [0.4, 0.5) is 5.69 Å². The molecule has 0 spiro atoms. The Labute approximate surface area is 170 Å². The van der Waals surface area contributed by atoms with Crippen LogP contribution in [0.3, 0.4) is 0 Å². The molecule has 1 aromatic heterocycles. The van der Waals surface area contributed by atoms with Crippen LogP contribution >= 0.6 is 11.3 Å². The zero-order valence-electron chi connectivity index (χ0n) is 16.3. The van der Waals surface area contributed by atoms with E-state index in [1.807, 2.05) is 37.4 Å². The molecule has 1 aromatic carbocycles. The predicted molar refractivity (Wildman–Crippen MR) is 114 cm³/mol. The molecule has 3 rings (SSSR count). The zero-order valence-corrected chi connectivity index (χ0v) is 17.9. The highest BCUT2D eigenvalue weighted by Crippen LogP contribution is 2.37. The molecule has 150 valence electrons. The minimum absolute atomic E-state index is 0.0452. The van der Waals surface area contributed by atoms with Crippen LogP contribution in [0.1, 0.15) is 49.6 Å². The lowest BCUT2D eigenvalue weighted by molar-refractivity contribution is -0.137. The van der Waals surface area contributed by atoms with Crippen LogP contribution in [0.25, 0.3) is 0 Å². The number of carbonyl (C=O) groups is 1. The van der Waals surface area contributed by atoms with Gasteiger partial charge in [-0.05, 0) is 42.0 Å². The van der Waals surface area contributed by atoms with Crippen molar-refractivity contribution >= 4 is 38.7 Å². The Kier molecular flexibility index (Phi) is 6.20. The molecule has 0 radical (unpaired) electrons. The highest BCUT2D eigenvalue weighted by molar-refractivity contribution is 7.92. The molecule has 1 N–H and O–H groups in total. The highest BCUT2D eigenvalue weighted by atomic mass is 32.2. The van der Waals surface area contributed by atoms with Gasteiger partial charge in [0.1, 0.15) is 0 Å². The van der Waals surface area contributed by atoms with E-state index in [-0.39, 0.29) is 17.9 Å². The smallest absolute Gasteiger partial charge is 0.246 e. The zero-order chi connectivity index (χ0) is 20.3. The molecule has 0 saturated heterocycles. The number of nitrogens with zero attached hydrogens (tertiary/aromatic N) is 2. The molecule has 2 aromatic rings. The summed E-state index contributed by atoms with van der Waals surface area (Å²) in [7, 11) is -3.36. The predicted octanol–water partition coefficient (Wildman–Crippen LogP) is 4.23. The number of anilines is 1. The standard InChI is InChI=1S/C20H25N3O3S2/c1-4-14(5-2)20(24)23-18(19-10-7-11-27-19)13-17(21-23)15-8-6-9-16(12-15)22-28(3,25)26/h6-12,14,18,22H,4-5,13H2,1-3H3. The van der Waals surface area contributed by atoms with Crippen LogP contribution in [0.15, 0.2) is 46.9 Å². The number of nitrogens with one attached hydrogen (secondary N) is 1. The van der Waals surface area contributed by atoms with Gasteiger partial charge in [-0.3, -0.25) is 9.52 Å². The Morgan fingerprint density at radius 3 is 2.64 bits per heavy atom. The summed E-state index contributed by atoms with van der Waals surface area (Å²) in [6.07, 6.45) is 3.29. The van der Waals surface area contributed by atoms with Crippen LogP contribution < -0.4 is 4.72 Å². The highest BCUT2D eigenvalue weighted by Gasteiger charge is 2.35. The number of thiophene rings is 1. The molecule has 0 bridgehead atoms. The van der Waals surface area contributed by atoms with Crippen LogP contribution in [0.5, 0.6) is 0 Å². The van der Waals surface area contributed by atoms with Gasteiger partial charge in [0.25, 0.3) is 0 Å². The first kappa shape index (κ1) is 20.5. The second-order valence-corrected chi connectivity index (χ2v) is 9.66. The summed E-state index contributed by atoms with van der Waals surface area (Å²) in [4.78, 5) is 14.2. The normalized spacial score (nSPS) is 17.1. The molecule has 0 saturated carbocycles. The second-order valence-electron chi connectivity index (χ2n) is 6.93. The molecule has 1 atom stereocenters. The van der Waals surface area contributed by atoms with Crippen LogP contribution in [-0.4, -0.2) is 31.3 Å². The number of hydrogen-bond acceptors (Lipinski definition) is 5. The Hall–Kier alpha value is -2.19. The van der Waals surface area contributed by atoms with Gasteiger partial charge in [-0.15, -0.1) is 11.3 Å². The van der Waals surface area contributed by atoms with E-state index in [1.54, 1.807) is 34.5 Å². The van der Waals surface area contributed by atoms with E-state index >= 15 is 0 Å². The monoisotopic (exact) mass is 419 g/mol. The maximum absolute atomic E-state index is 13.1. The van der Waals surface area contributed by atoms with Crippen LogP contribution in [-0.2, 0) is 14.8 Å². The number of sulfonamides is 1. The first-order valence-electron chi connectivity index (χ1n) is 9.34. The lowest BCUT2D eigenvalue weighted by Gasteiger charge is -2.24. The molecule has 0 fully saturated rings. The Bertz CT molecular complexity index is 964. The molecule has 2 heterocycles. The van der Waals surface area contributed by atoms with Crippen molar-refractivity contribution in [1.29, 1.82) is 0 Å². The summed E-state index contributed by atoms with van der Waals surface area (Å²) in [6, 6.07) is 11.0. The van der Waals surface area contributed by atoms with E-state index in [1.165, 1.54) is 0 Å². The fraction of sp³-hybridized carbons (Fsp3) is 0.400. The number of benzene rings is 1. The lowest BCUT2D eigenvalue weighted by atomic mass is 10.00.